The lowest BCUT2D eigenvalue weighted by Crippen LogP contribution is -2.39. The molecule has 1 aliphatic rings. The molecule has 1 unspecified atom stereocenters. The summed E-state index contributed by atoms with van der Waals surface area (Å²) in [4.78, 5) is 14.2. The highest BCUT2D eigenvalue weighted by Gasteiger charge is 2.25. The van der Waals surface area contributed by atoms with Gasteiger partial charge in [-0.15, -0.1) is 11.6 Å². The van der Waals surface area contributed by atoms with E-state index in [0.717, 1.165) is 38.1 Å². The molecular formula is C14H20ClNO2. The molecule has 3 nitrogen and oxygen atoms in total. The van der Waals surface area contributed by atoms with Crippen molar-refractivity contribution in [1.29, 1.82) is 0 Å². The fourth-order valence-electron chi connectivity index (χ4n) is 2.48. The van der Waals surface area contributed by atoms with E-state index in [0.29, 0.717) is 17.6 Å². The number of alkyl halides is 1. The van der Waals surface area contributed by atoms with Crippen molar-refractivity contribution in [2.75, 3.05) is 19.0 Å². The molecule has 2 rings (SSSR count). The van der Waals surface area contributed by atoms with Gasteiger partial charge in [0, 0.05) is 25.4 Å². The molecule has 0 aliphatic carbocycles. The van der Waals surface area contributed by atoms with Gasteiger partial charge in [0.2, 0.25) is 0 Å². The first-order valence-electron chi connectivity index (χ1n) is 6.68. The van der Waals surface area contributed by atoms with Gasteiger partial charge in [0.25, 0.3) is 5.91 Å². The van der Waals surface area contributed by atoms with Gasteiger partial charge in [0.05, 0.1) is 0 Å². The SMILES string of the molecule is CCc1ccc(C(=O)N2CCCC(CCCl)C2)o1. The zero-order valence-corrected chi connectivity index (χ0v) is 11.6. The molecule has 0 N–H and O–H groups in total. The highest BCUT2D eigenvalue weighted by atomic mass is 35.5. The Hall–Kier alpha value is -0.960. The Kier molecular flexibility index (Phi) is 4.70. The Morgan fingerprint density at radius 1 is 1.56 bits per heavy atom. The van der Waals surface area contributed by atoms with Crippen molar-refractivity contribution in [2.45, 2.75) is 32.6 Å². The van der Waals surface area contributed by atoms with Crippen LogP contribution in [0.25, 0.3) is 0 Å². The minimum Gasteiger partial charge on any atom is -0.456 e. The number of nitrogens with zero attached hydrogens (tertiary/aromatic N) is 1. The Labute approximate surface area is 113 Å². The largest absolute Gasteiger partial charge is 0.456 e. The first kappa shape index (κ1) is 13.5. The van der Waals surface area contributed by atoms with E-state index in [9.17, 15) is 4.79 Å². The Bertz CT molecular complexity index is 400. The molecule has 0 bridgehead atoms. The van der Waals surface area contributed by atoms with Crippen molar-refractivity contribution >= 4 is 17.5 Å². The maximum Gasteiger partial charge on any atom is 0.289 e. The predicted octanol–water partition coefficient (Wildman–Crippen LogP) is 3.32. The summed E-state index contributed by atoms with van der Waals surface area (Å²) in [6, 6.07) is 3.67. The minimum absolute atomic E-state index is 0.0222. The van der Waals surface area contributed by atoms with Crippen LogP contribution in [-0.4, -0.2) is 29.8 Å². The van der Waals surface area contributed by atoms with Crippen LogP contribution in [0.4, 0.5) is 0 Å². The second kappa shape index (κ2) is 6.28. The van der Waals surface area contributed by atoms with E-state index in [1.807, 2.05) is 17.9 Å². The molecule has 1 aromatic rings. The molecule has 1 amide bonds. The molecule has 1 aliphatic heterocycles. The Morgan fingerprint density at radius 3 is 3.06 bits per heavy atom. The number of amides is 1. The lowest BCUT2D eigenvalue weighted by molar-refractivity contribution is 0.0638. The third kappa shape index (κ3) is 3.08. The van der Waals surface area contributed by atoms with Gasteiger partial charge in [-0.3, -0.25) is 4.79 Å². The van der Waals surface area contributed by atoms with E-state index in [1.54, 1.807) is 6.07 Å². The molecule has 1 atom stereocenters. The van der Waals surface area contributed by atoms with E-state index in [1.165, 1.54) is 6.42 Å². The number of rotatable bonds is 4. The number of piperidine rings is 1. The first-order valence-corrected chi connectivity index (χ1v) is 7.22. The van der Waals surface area contributed by atoms with Crippen LogP contribution in [0.1, 0.15) is 42.5 Å². The molecule has 100 valence electrons. The molecule has 0 aromatic carbocycles. The normalized spacial score (nSPS) is 20.1. The average Bonchev–Trinajstić information content (AvgIpc) is 2.87. The number of aryl methyl sites for hydroxylation is 1. The zero-order valence-electron chi connectivity index (χ0n) is 10.8. The van der Waals surface area contributed by atoms with Gasteiger partial charge in [-0.1, -0.05) is 6.92 Å². The van der Waals surface area contributed by atoms with E-state index in [4.69, 9.17) is 16.0 Å². The standard InChI is InChI=1S/C14H20ClNO2/c1-2-12-5-6-13(18-12)14(17)16-9-3-4-11(10-16)7-8-15/h5-6,11H,2-4,7-10H2,1H3. The molecule has 0 saturated carbocycles. The van der Waals surface area contributed by atoms with Crippen LogP contribution >= 0.6 is 11.6 Å². The van der Waals surface area contributed by atoms with Gasteiger partial charge < -0.3 is 9.32 Å². The summed E-state index contributed by atoms with van der Waals surface area (Å²) >= 11 is 5.78. The van der Waals surface area contributed by atoms with Crippen LogP contribution < -0.4 is 0 Å². The van der Waals surface area contributed by atoms with E-state index in [2.05, 4.69) is 0 Å². The number of likely N-dealkylation sites (tertiary alicyclic amines) is 1. The van der Waals surface area contributed by atoms with E-state index < -0.39 is 0 Å². The van der Waals surface area contributed by atoms with Crippen LogP contribution in [0.3, 0.4) is 0 Å². The topological polar surface area (TPSA) is 33.5 Å². The maximum atomic E-state index is 12.3. The van der Waals surface area contributed by atoms with Gasteiger partial charge >= 0.3 is 0 Å². The summed E-state index contributed by atoms with van der Waals surface area (Å²) in [5.41, 5.74) is 0. The molecule has 0 spiro atoms. The lowest BCUT2D eigenvalue weighted by Gasteiger charge is -2.31. The molecular weight excluding hydrogens is 250 g/mol. The van der Waals surface area contributed by atoms with Crippen molar-refractivity contribution in [3.63, 3.8) is 0 Å². The number of hydrogen-bond acceptors (Lipinski definition) is 2. The van der Waals surface area contributed by atoms with Crippen LogP contribution in [0, 0.1) is 5.92 Å². The maximum absolute atomic E-state index is 12.3. The van der Waals surface area contributed by atoms with Crippen molar-refractivity contribution in [2.24, 2.45) is 5.92 Å². The summed E-state index contributed by atoms with van der Waals surface area (Å²) in [5, 5.41) is 0. The first-order chi connectivity index (χ1) is 8.74. The van der Waals surface area contributed by atoms with Crippen LogP contribution in [0.15, 0.2) is 16.5 Å². The predicted molar refractivity (Wildman–Crippen MR) is 72.1 cm³/mol. The second-order valence-electron chi connectivity index (χ2n) is 4.86. The third-order valence-electron chi connectivity index (χ3n) is 3.54. The summed E-state index contributed by atoms with van der Waals surface area (Å²) in [7, 11) is 0. The van der Waals surface area contributed by atoms with Gasteiger partial charge in [-0.2, -0.15) is 0 Å². The highest BCUT2D eigenvalue weighted by molar-refractivity contribution is 6.17. The van der Waals surface area contributed by atoms with Crippen molar-refractivity contribution in [1.82, 2.24) is 4.90 Å². The Morgan fingerprint density at radius 2 is 2.39 bits per heavy atom. The zero-order chi connectivity index (χ0) is 13.0. The smallest absolute Gasteiger partial charge is 0.289 e. The number of halogens is 1. The summed E-state index contributed by atoms with van der Waals surface area (Å²) in [6.45, 7) is 3.66. The monoisotopic (exact) mass is 269 g/mol. The fourth-order valence-corrected chi connectivity index (χ4v) is 2.79. The van der Waals surface area contributed by atoms with Crippen molar-refractivity contribution < 1.29 is 9.21 Å². The molecule has 0 radical (unpaired) electrons. The molecule has 1 fully saturated rings. The van der Waals surface area contributed by atoms with Gasteiger partial charge in [0.1, 0.15) is 5.76 Å². The van der Waals surface area contributed by atoms with Gasteiger partial charge in [0.15, 0.2) is 5.76 Å². The van der Waals surface area contributed by atoms with Crippen molar-refractivity contribution in [3.8, 4) is 0 Å². The fraction of sp³-hybridized carbons (Fsp3) is 0.643. The molecule has 1 aromatic heterocycles. The molecule has 4 heteroatoms. The molecule has 2 heterocycles. The average molecular weight is 270 g/mol. The van der Waals surface area contributed by atoms with Crippen LogP contribution in [0.2, 0.25) is 0 Å². The molecule has 18 heavy (non-hydrogen) atoms. The third-order valence-corrected chi connectivity index (χ3v) is 3.76. The van der Waals surface area contributed by atoms with Crippen LogP contribution in [-0.2, 0) is 6.42 Å². The summed E-state index contributed by atoms with van der Waals surface area (Å²) < 4.78 is 5.53. The quantitative estimate of drug-likeness (QED) is 0.786. The van der Waals surface area contributed by atoms with E-state index >= 15 is 0 Å². The van der Waals surface area contributed by atoms with Gasteiger partial charge in [-0.05, 0) is 37.3 Å². The lowest BCUT2D eigenvalue weighted by atomic mass is 9.95. The molecule has 1 saturated heterocycles. The van der Waals surface area contributed by atoms with E-state index in [-0.39, 0.29) is 5.91 Å². The number of carbonyl (C=O) groups excluding carboxylic acids is 1. The Balaban J connectivity index is 1.99. The highest BCUT2D eigenvalue weighted by Crippen LogP contribution is 2.22. The van der Waals surface area contributed by atoms with Gasteiger partial charge in [-0.25, -0.2) is 0 Å². The number of hydrogen-bond donors (Lipinski definition) is 0. The van der Waals surface area contributed by atoms with Crippen LogP contribution in [0.5, 0.6) is 0 Å². The summed E-state index contributed by atoms with van der Waals surface area (Å²) in [6.07, 6.45) is 4.05. The second-order valence-corrected chi connectivity index (χ2v) is 5.23. The number of carbonyl (C=O) groups is 1. The number of furan rings is 1. The minimum atomic E-state index is 0.0222. The summed E-state index contributed by atoms with van der Waals surface area (Å²) in [5.74, 6) is 2.58. The van der Waals surface area contributed by atoms with Crippen molar-refractivity contribution in [3.05, 3.63) is 23.7 Å².